The topological polar surface area (TPSA) is 39.1 Å². The van der Waals surface area contributed by atoms with Crippen LogP contribution in [0, 0.1) is 11.3 Å². The number of rotatable bonds is 6. The van der Waals surface area contributed by atoms with Gasteiger partial charge in [-0.3, -0.25) is 5.32 Å². The highest BCUT2D eigenvalue weighted by Crippen LogP contribution is 2.26. The fourth-order valence-electron chi connectivity index (χ4n) is 1.83. The Hall–Kier alpha value is -0.240. The molecule has 0 aromatic carbocycles. The molecule has 1 atom stereocenters. The number of hydrogen-bond acceptors (Lipinski definition) is 4. The van der Waals surface area contributed by atoms with Gasteiger partial charge in [0.25, 0.3) is 0 Å². The summed E-state index contributed by atoms with van der Waals surface area (Å²) in [5, 5.41) is 12.6. The van der Waals surface area contributed by atoms with Crippen LogP contribution in [0.15, 0.2) is 0 Å². The molecule has 0 spiro atoms. The van der Waals surface area contributed by atoms with Gasteiger partial charge in [-0.05, 0) is 25.3 Å². The first-order valence-corrected chi connectivity index (χ1v) is 6.88. The molecule has 4 heteroatoms. The van der Waals surface area contributed by atoms with Crippen molar-refractivity contribution in [2.45, 2.75) is 25.8 Å². The molecule has 3 nitrogen and oxygen atoms in total. The van der Waals surface area contributed by atoms with Gasteiger partial charge in [0.2, 0.25) is 0 Å². The van der Waals surface area contributed by atoms with E-state index in [2.05, 4.69) is 30.1 Å². The lowest BCUT2D eigenvalue weighted by atomic mass is 10.0. The number of nitrogens with zero attached hydrogens (tertiary/aromatic N) is 2. The van der Waals surface area contributed by atoms with E-state index < -0.39 is 0 Å². The predicted octanol–water partition coefficient (Wildman–Crippen LogP) is 1.32. The molecule has 1 saturated heterocycles. The van der Waals surface area contributed by atoms with Crippen LogP contribution in [0.2, 0.25) is 0 Å². The molecule has 1 unspecified atom stereocenters. The van der Waals surface area contributed by atoms with E-state index in [-0.39, 0.29) is 5.54 Å². The second-order valence-electron chi connectivity index (χ2n) is 3.95. The van der Waals surface area contributed by atoms with Gasteiger partial charge in [0.05, 0.1) is 6.07 Å². The number of likely N-dealkylation sites (N-methyl/N-ethyl adjacent to an activating group) is 1. The maximum atomic E-state index is 9.16. The summed E-state index contributed by atoms with van der Waals surface area (Å²) in [6.45, 7) is 8.50. The van der Waals surface area contributed by atoms with Gasteiger partial charge in [0, 0.05) is 18.8 Å². The van der Waals surface area contributed by atoms with Crippen LogP contribution in [0.5, 0.6) is 0 Å². The van der Waals surface area contributed by atoms with Crippen molar-refractivity contribution in [1.82, 2.24) is 10.2 Å². The third-order valence-electron chi connectivity index (χ3n) is 3.02. The molecule has 1 rings (SSSR count). The van der Waals surface area contributed by atoms with E-state index in [4.69, 9.17) is 5.26 Å². The molecule has 1 N–H and O–H groups in total. The minimum atomic E-state index is -0.238. The lowest BCUT2D eigenvalue weighted by Crippen LogP contribution is -2.47. The second-order valence-corrected chi connectivity index (χ2v) is 5.06. The van der Waals surface area contributed by atoms with Crippen LogP contribution in [-0.2, 0) is 0 Å². The van der Waals surface area contributed by atoms with Gasteiger partial charge in [-0.15, -0.1) is 0 Å². The second kappa shape index (κ2) is 6.37. The smallest absolute Gasteiger partial charge is 0.116 e. The maximum Gasteiger partial charge on any atom is 0.116 e. The third kappa shape index (κ3) is 3.67. The molecule has 0 radical (unpaired) electrons. The zero-order valence-corrected chi connectivity index (χ0v) is 10.6. The van der Waals surface area contributed by atoms with Gasteiger partial charge in [-0.1, -0.05) is 13.8 Å². The first kappa shape index (κ1) is 12.8. The normalized spacial score (nSPS) is 25.7. The monoisotopic (exact) mass is 227 g/mol. The minimum Gasteiger partial charge on any atom is -0.303 e. The lowest BCUT2D eigenvalue weighted by molar-refractivity contribution is 0.290. The third-order valence-corrected chi connectivity index (χ3v) is 4.21. The number of hydrogen-bond donors (Lipinski definition) is 1. The zero-order valence-electron chi connectivity index (χ0n) is 9.75. The number of nitriles is 1. The van der Waals surface area contributed by atoms with Crippen molar-refractivity contribution in [3.8, 4) is 6.07 Å². The van der Waals surface area contributed by atoms with Crippen molar-refractivity contribution in [2.24, 2.45) is 0 Å². The largest absolute Gasteiger partial charge is 0.303 e. The molecule has 1 aliphatic heterocycles. The molecular weight excluding hydrogens is 206 g/mol. The van der Waals surface area contributed by atoms with Crippen LogP contribution >= 0.6 is 11.8 Å². The van der Waals surface area contributed by atoms with Crippen molar-refractivity contribution >= 4 is 11.8 Å². The van der Waals surface area contributed by atoms with E-state index in [9.17, 15) is 0 Å². The molecule has 1 aliphatic rings. The van der Waals surface area contributed by atoms with Crippen LogP contribution in [0.3, 0.4) is 0 Å². The predicted molar refractivity (Wildman–Crippen MR) is 66.1 cm³/mol. The van der Waals surface area contributed by atoms with Crippen molar-refractivity contribution in [1.29, 1.82) is 5.26 Å². The molecule has 0 aromatic rings. The first-order valence-electron chi connectivity index (χ1n) is 5.72. The van der Waals surface area contributed by atoms with Crippen LogP contribution in [0.25, 0.3) is 0 Å². The van der Waals surface area contributed by atoms with Gasteiger partial charge in [0.1, 0.15) is 5.54 Å². The lowest BCUT2D eigenvalue weighted by Gasteiger charge is -2.24. The van der Waals surface area contributed by atoms with Crippen molar-refractivity contribution < 1.29 is 0 Å². The Bertz CT molecular complexity index is 214. The SMILES string of the molecule is CCN(CC)CCNC1(C#N)CCSC1. The van der Waals surface area contributed by atoms with E-state index in [0.717, 1.165) is 44.1 Å². The summed E-state index contributed by atoms with van der Waals surface area (Å²) in [4.78, 5) is 2.38. The molecule has 1 heterocycles. The Morgan fingerprint density at radius 3 is 2.67 bits per heavy atom. The molecule has 1 fully saturated rings. The molecule has 15 heavy (non-hydrogen) atoms. The van der Waals surface area contributed by atoms with E-state index >= 15 is 0 Å². The van der Waals surface area contributed by atoms with Gasteiger partial charge < -0.3 is 4.90 Å². The molecule has 0 saturated carbocycles. The standard InChI is InChI=1S/C11H21N3S/c1-3-14(4-2)7-6-13-11(9-12)5-8-15-10-11/h13H,3-8,10H2,1-2H3. The molecule has 0 amide bonds. The van der Waals surface area contributed by atoms with E-state index in [0.29, 0.717) is 0 Å². The number of nitrogens with one attached hydrogen (secondary N) is 1. The molecule has 0 aliphatic carbocycles. The van der Waals surface area contributed by atoms with E-state index in [1.165, 1.54) is 0 Å². The summed E-state index contributed by atoms with van der Waals surface area (Å²) >= 11 is 1.88. The summed E-state index contributed by atoms with van der Waals surface area (Å²) in [6.07, 6.45) is 0.992. The van der Waals surface area contributed by atoms with Crippen LogP contribution < -0.4 is 5.32 Å². The first-order chi connectivity index (χ1) is 7.26. The van der Waals surface area contributed by atoms with Gasteiger partial charge in [0.15, 0.2) is 0 Å². The highest BCUT2D eigenvalue weighted by Gasteiger charge is 2.33. The fourth-order valence-corrected chi connectivity index (χ4v) is 3.12. The Morgan fingerprint density at radius 1 is 1.47 bits per heavy atom. The minimum absolute atomic E-state index is 0.238. The average Bonchev–Trinajstić information content (AvgIpc) is 2.74. The highest BCUT2D eigenvalue weighted by atomic mass is 32.2. The van der Waals surface area contributed by atoms with Crippen molar-refractivity contribution in [3.05, 3.63) is 0 Å². The van der Waals surface area contributed by atoms with E-state index in [1.54, 1.807) is 0 Å². The summed E-state index contributed by atoms with van der Waals surface area (Å²) < 4.78 is 0. The Morgan fingerprint density at radius 2 is 2.20 bits per heavy atom. The number of thioether (sulfide) groups is 1. The van der Waals surface area contributed by atoms with E-state index in [1.807, 2.05) is 11.8 Å². The summed E-state index contributed by atoms with van der Waals surface area (Å²) in [5.41, 5.74) is -0.238. The van der Waals surface area contributed by atoms with Crippen LogP contribution in [0.4, 0.5) is 0 Å². The van der Waals surface area contributed by atoms with Crippen LogP contribution in [0.1, 0.15) is 20.3 Å². The Labute approximate surface area is 97.2 Å². The Kier molecular flexibility index (Phi) is 5.44. The maximum absolute atomic E-state index is 9.16. The highest BCUT2D eigenvalue weighted by molar-refractivity contribution is 7.99. The molecule has 0 aromatic heterocycles. The summed E-state index contributed by atoms with van der Waals surface area (Å²) in [6, 6.07) is 2.44. The quantitative estimate of drug-likeness (QED) is 0.743. The van der Waals surface area contributed by atoms with Gasteiger partial charge in [-0.2, -0.15) is 17.0 Å². The Balaban J connectivity index is 2.26. The average molecular weight is 227 g/mol. The van der Waals surface area contributed by atoms with Crippen molar-refractivity contribution in [3.63, 3.8) is 0 Å². The summed E-state index contributed by atoms with van der Waals surface area (Å²) in [7, 11) is 0. The molecule has 86 valence electrons. The fraction of sp³-hybridized carbons (Fsp3) is 0.909. The van der Waals surface area contributed by atoms with Crippen molar-refractivity contribution in [2.75, 3.05) is 37.7 Å². The zero-order chi connectivity index (χ0) is 11.1. The summed E-state index contributed by atoms with van der Waals surface area (Å²) in [5.74, 6) is 2.06. The van der Waals surface area contributed by atoms with Gasteiger partial charge >= 0.3 is 0 Å². The van der Waals surface area contributed by atoms with Crippen LogP contribution in [-0.4, -0.2) is 48.1 Å². The molecule has 0 bridgehead atoms. The van der Waals surface area contributed by atoms with Gasteiger partial charge in [-0.25, -0.2) is 0 Å². The molecular formula is C11H21N3S.